The van der Waals surface area contributed by atoms with Crippen LogP contribution in [0.4, 0.5) is 10.5 Å². The van der Waals surface area contributed by atoms with Gasteiger partial charge in [-0.25, -0.2) is 9.78 Å². The van der Waals surface area contributed by atoms with Crippen LogP contribution in [-0.2, 0) is 13.0 Å². The van der Waals surface area contributed by atoms with Gasteiger partial charge in [-0.1, -0.05) is 54.1 Å². The molecule has 4 aromatic rings. The number of aromatic nitrogens is 2. The number of carbonyl (C=O) groups excluding carboxylic acids is 1. The summed E-state index contributed by atoms with van der Waals surface area (Å²) in [5.41, 5.74) is 2.13. The number of benzene rings is 3. The minimum Gasteiger partial charge on any atom is -0.317 e. The van der Waals surface area contributed by atoms with Gasteiger partial charge in [0, 0.05) is 17.3 Å². The fourth-order valence-corrected chi connectivity index (χ4v) is 3.41. The molecule has 156 valence electrons. The third-order valence-electron chi connectivity index (χ3n) is 4.90. The standard InChI is InChI=1S/C24H21ClN4O2/c25-18-10-12-19(13-11-18)26-24(31)29(15-14-17-6-2-1-3-7-17)16-22-27-21-9-5-4-8-20(21)23(30)28-22/h1-13H,14-16H2,(H,26,31)(H,27,28,30). The summed E-state index contributed by atoms with van der Waals surface area (Å²) >= 11 is 5.93. The zero-order valence-electron chi connectivity index (χ0n) is 16.7. The molecule has 0 unspecified atom stereocenters. The molecular formula is C24H21ClN4O2. The van der Waals surface area contributed by atoms with Crippen molar-refractivity contribution in [2.75, 3.05) is 11.9 Å². The highest BCUT2D eigenvalue weighted by Crippen LogP contribution is 2.15. The van der Waals surface area contributed by atoms with E-state index in [0.29, 0.717) is 40.4 Å². The van der Waals surface area contributed by atoms with Crippen LogP contribution in [0.2, 0.25) is 5.02 Å². The number of carbonyl (C=O) groups is 1. The lowest BCUT2D eigenvalue weighted by Gasteiger charge is -2.23. The van der Waals surface area contributed by atoms with Crippen LogP contribution in [0.25, 0.3) is 10.9 Å². The van der Waals surface area contributed by atoms with E-state index < -0.39 is 0 Å². The van der Waals surface area contributed by atoms with E-state index in [2.05, 4.69) is 15.3 Å². The zero-order valence-corrected chi connectivity index (χ0v) is 17.5. The molecule has 0 fully saturated rings. The van der Waals surface area contributed by atoms with Crippen LogP contribution in [0.3, 0.4) is 0 Å². The number of para-hydroxylation sites is 1. The molecule has 0 spiro atoms. The van der Waals surface area contributed by atoms with Gasteiger partial charge in [0.25, 0.3) is 5.56 Å². The lowest BCUT2D eigenvalue weighted by atomic mass is 10.1. The average Bonchev–Trinajstić information content (AvgIpc) is 2.79. The van der Waals surface area contributed by atoms with Crippen molar-refractivity contribution in [2.24, 2.45) is 0 Å². The van der Waals surface area contributed by atoms with Crippen LogP contribution in [-0.4, -0.2) is 27.4 Å². The Morgan fingerprint density at radius 1 is 0.968 bits per heavy atom. The number of rotatable bonds is 6. The molecule has 0 saturated carbocycles. The van der Waals surface area contributed by atoms with Crippen molar-refractivity contribution in [3.63, 3.8) is 0 Å². The fourth-order valence-electron chi connectivity index (χ4n) is 3.29. The number of H-pyrrole nitrogens is 1. The summed E-state index contributed by atoms with van der Waals surface area (Å²) in [6, 6.07) is 23.7. The van der Waals surface area contributed by atoms with E-state index in [-0.39, 0.29) is 18.1 Å². The first-order valence-corrected chi connectivity index (χ1v) is 10.3. The Morgan fingerprint density at radius 2 is 1.68 bits per heavy atom. The maximum Gasteiger partial charge on any atom is 0.322 e. The van der Waals surface area contributed by atoms with Gasteiger partial charge in [0.05, 0.1) is 17.4 Å². The molecule has 1 aromatic heterocycles. The van der Waals surface area contributed by atoms with E-state index in [1.54, 1.807) is 47.4 Å². The first-order valence-electron chi connectivity index (χ1n) is 9.92. The van der Waals surface area contributed by atoms with Crippen molar-refractivity contribution in [2.45, 2.75) is 13.0 Å². The van der Waals surface area contributed by atoms with Gasteiger partial charge in [-0.3, -0.25) is 4.79 Å². The summed E-state index contributed by atoms with van der Waals surface area (Å²) in [7, 11) is 0. The summed E-state index contributed by atoms with van der Waals surface area (Å²) in [5, 5.41) is 4.00. The number of amides is 2. The largest absolute Gasteiger partial charge is 0.322 e. The monoisotopic (exact) mass is 432 g/mol. The van der Waals surface area contributed by atoms with Gasteiger partial charge in [0.15, 0.2) is 0 Å². The second kappa shape index (κ2) is 9.45. The van der Waals surface area contributed by atoms with Crippen LogP contribution < -0.4 is 10.9 Å². The number of nitrogens with one attached hydrogen (secondary N) is 2. The van der Waals surface area contributed by atoms with Crippen LogP contribution in [0, 0.1) is 0 Å². The molecule has 0 bridgehead atoms. The predicted molar refractivity (Wildman–Crippen MR) is 123 cm³/mol. The molecule has 4 rings (SSSR count). The third kappa shape index (κ3) is 5.29. The molecule has 0 atom stereocenters. The van der Waals surface area contributed by atoms with Gasteiger partial charge in [0.1, 0.15) is 5.82 Å². The van der Waals surface area contributed by atoms with Crippen LogP contribution >= 0.6 is 11.6 Å². The van der Waals surface area contributed by atoms with Crippen molar-refractivity contribution in [1.29, 1.82) is 0 Å². The summed E-state index contributed by atoms with van der Waals surface area (Å²) < 4.78 is 0. The van der Waals surface area contributed by atoms with Gasteiger partial charge in [-0.05, 0) is 48.4 Å². The smallest absolute Gasteiger partial charge is 0.317 e. The first kappa shape index (κ1) is 20.6. The molecule has 0 saturated heterocycles. The lowest BCUT2D eigenvalue weighted by Crippen LogP contribution is -2.37. The Balaban J connectivity index is 1.57. The van der Waals surface area contributed by atoms with Gasteiger partial charge in [-0.15, -0.1) is 0 Å². The van der Waals surface area contributed by atoms with Crippen molar-refractivity contribution in [3.8, 4) is 0 Å². The molecule has 0 aliphatic rings. The molecule has 0 radical (unpaired) electrons. The number of aromatic amines is 1. The molecule has 7 heteroatoms. The van der Waals surface area contributed by atoms with E-state index >= 15 is 0 Å². The van der Waals surface area contributed by atoms with Gasteiger partial charge < -0.3 is 15.2 Å². The Kier molecular flexibility index (Phi) is 6.29. The average molecular weight is 433 g/mol. The Hall–Kier alpha value is -3.64. The first-order chi connectivity index (χ1) is 15.1. The Morgan fingerprint density at radius 3 is 2.45 bits per heavy atom. The van der Waals surface area contributed by atoms with E-state index in [0.717, 1.165) is 5.56 Å². The summed E-state index contributed by atoms with van der Waals surface area (Å²) in [5.74, 6) is 0.433. The van der Waals surface area contributed by atoms with E-state index in [1.807, 2.05) is 36.4 Å². The second-order valence-electron chi connectivity index (χ2n) is 7.12. The van der Waals surface area contributed by atoms with Gasteiger partial charge in [0.2, 0.25) is 0 Å². The molecule has 1 heterocycles. The Labute approximate surface area is 184 Å². The second-order valence-corrected chi connectivity index (χ2v) is 7.56. The highest BCUT2D eigenvalue weighted by Gasteiger charge is 2.16. The fraction of sp³-hybridized carbons (Fsp3) is 0.125. The lowest BCUT2D eigenvalue weighted by molar-refractivity contribution is 0.208. The van der Waals surface area contributed by atoms with Gasteiger partial charge in [-0.2, -0.15) is 0 Å². The number of hydrogen-bond acceptors (Lipinski definition) is 3. The van der Waals surface area contributed by atoms with Crippen molar-refractivity contribution >= 4 is 34.2 Å². The van der Waals surface area contributed by atoms with Crippen LogP contribution in [0.1, 0.15) is 11.4 Å². The SMILES string of the molecule is O=C(Nc1ccc(Cl)cc1)N(CCc1ccccc1)Cc1nc2ccccc2c(=O)[nH]1. The number of fused-ring (bicyclic) bond motifs is 1. The summed E-state index contributed by atoms with van der Waals surface area (Å²) in [4.78, 5) is 34.4. The normalized spacial score (nSPS) is 10.7. The molecule has 0 aliphatic heterocycles. The molecule has 2 amide bonds. The van der Waals surface area contributed by atoms with Crippen LogP contribution in [0.5, 0.6) is 0 Å². The van der Waals surface area contributed by atoms with E-state index in [1.165, 1.54) is 0 Å². The van der Waals surface area contributed by atoms with Gasteiger partial charge >= 0.3 is 6.03 Å². The number of hydrogen-bond donors (Lipinski definition) is 2. The number of anilines is 1. The van der Waals surface area contributed by atoms with Crippen molar-refractivity contribution < 1.29 is 4.79 Å². The summed E-state index contributed by atoms with van der Waals surface area (Å²) in [6.45, 7) is 0.631. The maximum atomic E-state index is 13.0. The van der Waals surface area contributed by atoms with Crippen molar-refractivity contribution in [3.05, 3.63) is 106 Å². The molecule has 2 N–H and O–H groups in total. The third-order valence-corrected chi connectivity index (χ3v) is 5.15. The topological polar surface area (TPSA) is 78.1 Å². The predicted octanol–water partition coefficient (Wildman–Crippen LogP) is 4.85. The minimum absolute atomic E-state index is 0.173. The molecule has 0 aliphatic carbocycles. The molecule has 3 aromatic carbocycles. The number of urea groups is 1. The highest BCUT2D eigenvalue weighted by molar-refractivity contribution is 6.30. The van der Waals surface area contributed by atoms with Crippen LogP contribution in [0.15, 0.2) is 83.7 Å². The quantitative estimate of drug-likeness (QED) is 0.457. The molecule has 6 nitrogen and oxygen atoms in total. The minimum atomic E-state index is -0.283. The highest BCUT2D eigenvalue weighted by atomic mass is 35.5. The van der Waals surface area contributed by atoms with E-state index in [4.69, 9.17) is 11.6 Å². The summed E-state index contributed by atoms with van der Waals surface area (Å²) in [6.07, 6.45) is 0.673. The molecule has 31 heavy (non-hydrogen) atoms. The van der Waals surface area contributed by atoms with Crippen molar-refractivity contribution in [1.82, 2.24) is 14.9 Å². The van der Waals surface area contributed by atoms with E-state index in [9.17, 15) is 9.59 Å². The molecular weight excluding hydrogens is 412 g/mol. The number of nitrogens with zero attached hydrogens (tertiary/aromatic N) is 2. The zero-order chi connectivity index (χ0) is 21.6. The number of halogens is 1. The Bertz CT molecular complexity index is 1240. The maximum absolute atomic E-state index is 13.0.